The molecule has 1 aliphatic heterocycles. The predicted molar refractivity (Wildman–Crippen MR) is 118 cm³/mol. The standard InChI is InChI=1S/C21H20ClN3O3S/c22-17-6-1-15(2-7-17)3-10-19(26)24-21(29)23-18-8-4-16(5-9-18)20(27)25-11-13-28-14-12-25/h1-10H,11-14H2,(H2,23,24,26,29)/b10-3+. The Morgan fingerprint density at radius 3 is 2.34 bits per heavy atom. The van der Waals surface area contributed by atoms with E-state index in [1.165, 1.54) is 6.08 Å². The van der Waals surface area contributed by atoms with E-state index in [1.54, 1.807) is 47.4 Å². The molecule has 2 amide bonds. The lowest BCUT2D eigenvalue weighted by molar-refractivity contribution is -0.115. The van der Waals surface area contributed by atoms with Gasteiger partial charge in [0, 0.05) is 35.4 Å². The number of halogens is 1. The molecule has 3 rings (SSSR count). The molecule has 0 atom stereocenters. The van der Waals surface area contributed by atoms with E-state index in [-0.39, 0.29) is 16.9 Å². The molecule has 0 aliphatic carbocycles. The summed E-state index contributed by atoms with van der Waals surface area (Å²) in [5.41, 5.74) is 2.12. The van der Waals surface area contributed by atoms with E-state index in [1.807, 2.05) is 12.1 Å². The number of nitrogens with one attached hydrogen (secondary N) is 2. The van der Waals surface area contributed by atoms with Crippen molar-refractivity contribution in [1.29, 1.82) is 0 Å². The third-order valence-electron chi connectivity index (χ3n) is 4.22. The van der Waals surface area contributed by atoms with Crippen LogP contribution in [0.4, 0.5) is 5.69 Å². The number of hydrogen-bond donors (Lipinski definition) is 2. The van der Waals surface area contributed by atoms with Crippen molar-refractivity contribution in [1.82, 2.24) is 10.2 Å². The maximum atomic E-state index is 12.4. The van der Waals surface area contributed by atoms with E-state index in [4.69, 9.17) is 28.6 Å². The first kappa shape index (κ1) is 21.0. The Morgan fingerprint density at radius 1 is 1.03 bits per heavy atom. The highest BCUT2D eigenvalue weighted by atomic mass is 35.5. The molecule has 8 heteroatoms. The lowest BCUT2D eigenvalue weighted by Crippen LogP contribution is -2.40. The molecule has 6 nitrogen and oxygen atoms in total. The number of rotatable bonds is 4. The highest BCUT2D eigenvalue weighted by Gasteiger charge is 2.18. The summed E-state index contributed by atoms with van der Waals surface area (Å²) in [5.74, 6) is -0.375. The summed E-state index contributed by atoms with van der Waals surface area (Å²) in [7, 11) is 0. The van der Waals surface area contributed by atoms with Crippen molar-refractivity contribution in [3.63, 3.8) is 0 Å². The summed E-state index contributed by atoms with van der Waals surface area (Å²) in [6, 6.07) is 14.1. The van der Waals surface area contributed by atoms with Crippen LogP contribution in [0, 0.1) is 0 Å². The van der Waals surface area contributed by atoms with Crippen LogP contribution in [0.15, 0.2) is 54.6 Å². The van der Waals surface area contributed by atoms with Gasteiger partial charge in [0.2, 0.25) is 5.91 Å². The molecule has 2 aromatic carbocycles. The van der Waals surface area contributed by atoms with E-state index in [0.717, 1.165) is 5.56 Å². The second-order valence-corrected chi connectivity index (χ2v) is 7.15. The average molecular weight is 430 g/mol. The van der Waals surface area contributed by atoms with Gasteiger partial charge < -0.3 is 15.0 Å². The van der Waals surface area contributed by atoms with Crippen LogP contribution in [0.5, 0.6) is 0 Å². The van der Waals surface area contributed by atoms with Crippen molar-refractivity contribution < 1.29 is 14.3 Å². The van der Waals surface area contributed by atoms with Gasteiger partial charge in [-0.3, -0.25) is 14.9 Å². The molecular formula is C21H20ClN3O3S. The number of hydrogen-bond acceptors (Lipinski definition) is 4. The molecule has 150 valence electrons. The minimum atomic E-state index is -0.350. The Balaban J connectivity index is 1.50. The quantitative estimate of drug-likeness (QED) is 0.576. The maximum Gasteiger partial charge on any atom is 0.254 e. The van der Waals surface area contributed by atoms with Crippen molar-refractivity contribution in [3.8, 4) is 0 Å². The lowest BCUT2D eigenvalue weighted by atomic mass is 10.1. The van der Waals surface area contributed by atoms with E-state index >= 15 is 0 Å². The molecule has 2 N–H and O–H groups in total. The molecule has 1 heterocycles. The normalized spacial score (nSPS) is 13.9. The van der Waals surface area contributed by atoms with Gasteiger partial charge in [-0.25, -0.2) is 0 Å². The van der Waals surface area contributed by atoms with E-state index < -0.39 is 0 Å². The Kier molecular flexibility index (Phi) is 7.35. The largest absolute Gasteiger partial charge is 0.378 e. The Labute approximate surface area is 179 Å². The van der Waals surface area contributed by atoms with Gasteiger partial charge in [-0.05, 0) is 60.3 Å². The van der Waals surface area contributed by atoms with Gasteiger partial charge in [-0.15, -0.1) is 0 Å². The van der Waals surface area contributed by atoms with Crippen molar-refractivity contribution >= 4 is 52.5 Å². The predicted octanol–water partition coefficient (Wildman–Crippen LogP) is 3.34. The first-order valence-electron chi connectivity index (χ1n) is 9.04. The van der Waals surface area contributed by atoms with Crippen LogP contribution < -0.4 is 10.6 Å². The van der Waals surface area contributed by atoms with Crippen LogP contribution in [0.25, 0.3) is 6.08 Å². The molecule has 1 aliphatic rings. The fourth-order valence-electron chi connectivity index (χ4n) is 2.71. The number of benzene rings is 2. The highest BCUT2D eigenvalue weighted by molar-refractivity contribution is 7.80. The zero-order valence-electron chi connectivity index (χ0n) is 15.6. The summed E-state index contributed by atoms with van der Waals surface area (Å²) in [5, 5.41) is 6.31. The van der Waals surface area contributed by atoms with Crippen LogP contribution >= 0.6 is 23.8 Å². The highest BCUT2D eigenvalue weighted by Crippen LogP contribution is 2.13. The zero-order chi connectivity index (χ0) is 20.6. The van der Waals surface area contributed by atoms with Gasteiger partial charge in [0.1, 0.15) is 0 Å². The molecule has 1 saturated heterocycles. The summed E-state index contributed by atoms with van der Waals surface area (Å²) in [4.78, 5) is 26.2. The van der Waals surface area contributed by atoms with Gasteiger partial charge in [0.15, 0.2) is 5.11 Å². The fourth-order valence-corrected chi connectivity index (χ4v) is 3.05. The number of nitrogens with zero attached hydrogens (tertiary/aromatic N) is 1. The topological polar surface area (TPSA) is 70.7 Å². The monoisotopic (exact) mass is 429 g/mol. The second kappa shape index (κ2) is 10.2. The number of carbonyl (C=O) groups is 2. The smallest absolute Gasteiger partial charge is 0.254 e. The number of carbonyl (C=O) groups excluding carboxylic acids is 2. The van der Waals surface area contributed by atoms with Gasteiger partial charge in [-0.1, -0.05) is 23.7 Å². The Morgan fingerprint density at radius 2 is 1.69 bits per heavy atom. The van der Waals surface area contributed by atoms with Crippen LogP contribution in [-0.2, 0) is 9.53 Å². The lowest BCUT2D eigenvalue weighted by Gasteiger charge is -2.26. The molecule has 0 radical (unpaired) electrons. The molecular weight excluding hydrogens is 410 g/mol. The van der Waals surface area contributed by atoms with Crippen LogP contribution in [-0.4, -0.2) is 48.1 Å². The van der Waals surface area contributed by atoms with Gasteiger partial charge >= 0.3 is 0 Å². The fraction of sp³-hybridized carbons (Fsp3) is 0.190. The van der Waals surface area contributed by atoms with E-state index in [0.29, 0.717) is 42.6 Å². The van der Waals surface area contributed by atoms with Gasteiger partial charge in [0.25, 0.3) is 5.91 Å². The first-order chi connectivity index (χ1) is 14.0. The summed E-state index contributed by atoms with van der Waals surface area (Å²) >= 11 is 11.0. The molecule has 29 heavy (non-hydrogen) atoms. The molecule has 0 unspecified atom stereocenters. The molecule has 0 aromatic heterocycles. The number of thiocarbonyl (C=S) groups is 1. The van der Waals surface area contributed by atoms with Crippen LogP contribution in [0.2, 0.25) is 5.02 Å². The summed E-state index contributed by atoms with van der Waals surface area (Å²) in [6.45, 7) is 2.31. The van der Waals surface area contributed by atoms with Gasteiger partial charge in [0.05, 0.1) is 13.2 Å². The van der Waals surface area contributed by atoms with Crippen molar-refractivity contribution in [2.75, 3.05) is 31.6 Å². The minimum Gasteiger partial charge on any atom is -0.378 e. The first-order valence-corrected chi connectivity index (χ1v) is 9.82. The summed E-state index contributed by atoms with van der Waals surface area (Å²) < 4.78 is 5.26. The average Bonchev–Trinajstić information content (AvgIpc) is 2.74. The zero-order valence-corrected chi connectivity index (χ0v) is 17.1. The van der Waals surface area contributed by atoms with Crippen molar-refractivity contribution in [3.05, 3.63) is 70.8 Å². The molecule has 0 saturated carbocycles. The maximum absolute atomic E-state index is 12.4. The van der Waals surface area contributed by atoms with E-state index in [2.05, 4.69) is 10.6 Å². The molecule has 1 fully saturated rings. The molecule has 2 aromatic rings. The van der Waals surface area contributed by atoms with Crippen LogP contribution in [0.1, 0.15) is 15.9 Å². The Hall–Kier alpha value is -2.74. The number of anilines is 1. The number of amides is 2. The third-order valence-corrected chi connectivity index (χ3v) is 4.68. The Bertz CT molecular complexity index is 908. The SMILES string of the molecule is O=C(/C=C/c1ccc(Cl)cc1)NC(=S)Nc1ccc(C(=O)N2CCOCC2)cc1. The third kappa shape index (κ3) is 6.39. The second-order valence-electron chi connectivity index (χ2n) is 6.31. The number of morpholine rings is 1. The van der Waals surface area contributed by atoms with Crippen LogP contribution in [0.3, 0.4) is 0 Å². The molecule has 0 spiro atoms. The van der Waals surface area contributed by atoms with Crippen molar-refractivity contribution in [2.45, 2.75) is 0 Å². The minimum absolute atomic E-state index is 0.0249. The van der Waals surface area contributed by atoms with Gasteiger partial charge in [-0.2, -0.15) is 0 Å². The molecule has 0 bridgehead atoms. The van der Waals surface area contributed by atoms with Crippen molar-refractivity contribution in [2.24, 2.45) is 0 Å². The van der Waals surface area contributed by atoms with E-state index in [9.17, 15) is 9.59 Å². The summed E-state index contributed by atoms with van der Waals surface area (Å²) in [6.07, 6.45) is 3.06. The number of ether oxygens (including phenoxy) is 1.